The number of ether oxygens (including phenoxy) is 4. The minimum atomic E-state index is -0.145. The van der Waals surface area contributed by atoms with Gasteiger partial charge in [-0.15, -0.1) is 0 Å². The van der Waals surface area contributed by atoms with Crippen LogP contribution in [0.1, 0.15) is 103 Å². The van der Waals surface area contributed by atoms with Gasteiger partial charge in [0.15, 0.2) is 11.5 Å². The molecular formula is C38H54O4. The highest BCUT2D eigenvalue weighted by Gasteiger charge is 2.51. The molecular weight excluding hydrogens is 520 g/mol. The third-order valence-electron chi connectivity index (χ3n) is 9.15. The summed E-state index contributed by atoms with van der Waals surface area (Å²) in [6, 6.07) is 8.54. The van der Waals surface area contributed by atoms with E-state index in [4.69, 9.17) is 18.9 Å². The van der Waals surface area contributed by atoms with Crippen LogP contribution < -0.4 is 18.9 Å². The van der Waals surface area contributed by atoms with Crippen molar-refractivity contribution in [2.75, 3.05) is 21.3 Å². The van der Waals surface area contributed by atoms with Crippen LogP contribution in [0, 0.1) is 11.3 Å². The van der Waals surface area contributed by atoms with E-state index in [0.717, 1.165) is 71.8 Å². The summed E-state index contributed by atoms with van der Waals surface area (Å²) in [5.74, 6) is 3.88. The van der Waals surface area contributed by atoms with Crippen molar-refractivity contribution >= 4 is 12.2 Å². The van der Waals surface area contributed by atoms with Gasteiger partial charge in [-0.05, 0) is 119 Å². The molecule has 4 heteroatoms. The van der Waals surface area contributed by atoms with E-state index in [9.17, 15) is 0 Å². The number of benzene rings is 2. The molecule has 1 fully saturated rings. The third kappa shape index (κ3) is 7.43. The van der Waals surface area contributed by atoms with E-state index < -0.39 is 0 Å². The molecule has 1 aliphatic carbocycles. The van der Waals surface area contributed by atoms with E-state index >= 15 is 0 Å². The van der Waals surface area contributed by atoms with Crippen LogP contribution in [-0.4, -0.2) is 26.9 Å². The van der Waals surface area contributed by atoms with Crippen LogP contribution in [0.3, 0.4) is 0 Å². The Morgan fingerprint density at radius 3 is 2.05 bits per heavy atom. The summed E-state index contributed by atoms with van der Waals surface area (Å²) in [7, 11) is 5.19. The Labute approximate surface area is 255 Å². The normalized spacial score (nSPS) is 21.0. The molecule has 230 valence electrons. The van der Waals surface area contributed by atoms with Gasteiger partial charge in [0, 0.05) is 11.5 Å². The Morgan fingerprint density at radius 2 is 1.45 bits per heavy atom. The van der Waals surface area contributed by atoms with Gasteiger partial charge in [0.05, 0.1) is 21.3 Å². The first-order chi connectivity index (χ1) is 19.5. The first-order valence-electron chi connectivity index (χ1n) is 15.1. The Bertz CT molecular complexity index is 1300. The van der Waals surface area contributed by atoms with E-state index in [1.54, 1.807) is 21.3 Å². The van der Waals surface area contributed by atoms with Gasteiger partial charge in [-0.25, -0.2) is 0 Å². The van der Waals surface area contributed by atoms with Gasteiger partial charge in [-0.1, -0.05) is 56.7 Å². The lowest BCUT2D eigenvalue weighted by Gasteiger charge is -2.53. The maximum Gasteiger partial charge on any atom is 0.165 e. The van der Waals surface area contributed by atoms with Crippen LogP contribution in [0.4, 0.5) is 0 Å². The highest BCUT2D eigenvalue weighted by atomic mass is 16.5. The molecule has 1 aliphatic heterocycles. The number of hydrogen-bond acceptors (Lipinski definition) is 4. The number of allylic oxidation sites excluding steroid dienone is 4. The van der Waals surface area contributed by atoms with Crippen molar-refractivity contribution in [2.24, 2.45) is 11.3 Å². The van der Waals surface area contributed by atoms with Gasteiger partial charge in [0.25, 0.3) is 0 Å². The lowest BCUT2D eigenvalue weighted by molar-refractivity contribution is -0.0827. The van der Waals surface area contributed by atoms with Gasteiger partial charge >= 0.3 is 0 Å². The van der Waals surface area contributed by atoms with Gasteiger partial charge in [-0.3, -0.25) is 0 Å². The highest BCUT2D eigenvalue weighted by molar-refractivity contribution is 5.74. The Balaban J connectivity index is 0.00000484. The van der Waals surface area contributed by atoms with E-state index in [-0.39, 0.29) is 18.4 Å². The van der Waals surface area contributed by atoms with Crippen LogP contribution in [0.15, 0.2) is 47.6 Å². The van der Waals surface area contributed by atoms with Crippen LogP contribution in [0.2, 0.25) is 0 Å². The fraction of sp³-hybridized carbons (Fsp3) is 0.526. The van der Waals surface area contributed by atoms with E-state index in [1.807, 2.05) is 0 Å². The molecule has 42 heavy (non-hydrogen) atoms. The second kappa shape index (κ2) is 13.9. The lowest BCUT2D eigenvalue weighted by atomic mass is 9.59. The molecule has 0 spiro atoms. The predicted octanol–water partition coefficient (Wildman–Crippen LogP) is 10.3. The van der Waals surface area contributed by atoms with Crippen molar-refractivity contribution in [1.29, 1.82) is 0 Å². The minimum absolute atomic E-state index is 0. The molecule has 0 radical (unpaired) electrons. The fourth-order valence-electron chi connectivity index (χ4n) is 6.80. The maximum atomic E-state index is 6.75. The molecule has 2 aromatic rings. The zero-order valence-corrected chi connectivity index (χ0v) is 26.8. The topological polar surface area (TPSA) is 36.9 Å². The molecule has 0 aromatic heterocycles. The summed E-state index contributed by atoms with van der Waals surface area (Å²) in [4.78, 5) is 0. The van der Waals surface area contributed by atoms with Crippen molar-refractivity contribution in [3.63, 3.8) is 0 Å². The SMILES string of the molecule is C.COc1cc(/C=C/c2cc3c(c(OC)c2)O[C@]2(C)CCCC(C)(C)[C@H]2C3)cc(OC)c1C/C=C(\C)CCC=C(C)C. The number of hydrogen-bond donors (Lipinski definition) is 0. The monoisotopic (exact) mass is 574 g/mol. The molecule has 1 saturated carbocycles. The van der Waals surface area contributed by atoms with Gasteiger partial charge in [0.1, 0.15) is 17.1 Å². The quantitative estimate of drug-likeness (QED) is 0.209. The second-order valence-corrected chi connectivity index (χ2v) is 13.0. The van der Waals surface area contributed by atoms with Crippen molar-refractivity contribution in [1.82, 2.24) is 0 Å². The molecule has 0 saturated heterocycles. The van der Waals surface area contributed by atoms with Crippen LogP contribution in [0.25, 0.3) is 12.2 Å². The van der Waals surface area contributed by atoms with Gasteiger partial charge < -0.3 is 18.9 Å². The molecule has 0 unspecified atom stereocenters. The van der Waals surface area contributed by atoms with Crippen molar-refractivity contribution in [2.45, 2.75) is 99.5 Å². The molecule has 4 nitrogen and oxygen atoms in total. The molecule has 0 amide bonds. The maximum absolute atomic E-state index is 6.75. The Kier molecular flexibility index (Phi) is 11.0. The van der Waals surface area contributed by atoms with Crippen LogP contribution >= 0.6 is 0 Å². The summed E-state index contributed by atoms with van der Waals surface area (Å²) < 4.78 is 24.3. The standard InChI is InChI=1S/C37H50O4.CH4/c1-25(2)12-10-13-26(3)14-17-30-31(38-7)21-28(22-32(30)39-8)16-15-27-20-29-24-34-36(4,5)18-11-19-37(34,6)41-35(29)33(23-27)40-9;/h12,14-16,20-23,34H,10-11,13,17-19,24H2,1-9H3;1H4/b16-15+,26-14+;/t34-,37-;/m1./s1. The van der Waals surface area contributed by atoms with Crippen LogP contribution in [0.5, 0.6) is 23.0 Å². The number of fused-ring (bicyclic) bond motifs is 2. The van der Waals surface area contributed by atoms with Gasteiger partial charge in [-0.2, -0.15) is 0 Å². The highest BCUT2D eigenvalue weighted by Crippen LogP contribution is 2.54. The fourth-order valence-corrected chi connectivity index (χ4v) is 6.80. The van der Waals surface area contributed by atoms with Crippen molar-refractivity contribution < 1.29 is 18.9 Å². The van der Waals surface area contributed by atoms with E-state index in [1.165, 1.54) is 29.6 Å². The lowest BCUT2D eigenvalue weighted by Crippen LogP contribution is -2.54. The largest absolute Gasteiger partial charge is 0.496 e. The zero-order chi connectivity index (χ0) is 29.8. The summed E-state index contributed by atoms with van der Waals surface area (Å²) in [5.41, 5.74) is 7.27. The average molecular weight is 575 g/mol. The Morgan fingerprint density at radius 1 is 0.857 bits per heavy atom. The molecule has 2 atom stereocenters. The zero-order valence-electron chi connectivity index (χ0n) is 26.8. The molecule has 0 bridgehead atoms. The van der Waals surface area contributed by atoms with Gasteiger partial charge in [0.2, 0.25) is 0 Å². The van der Waals surface area contributed by atoms with E-state index in [0.29, 0.717) is 5.92 Å². The summed E-state index contributed by atoms with van der Waals surface area (Å²) >= 11 is 0. The van der Waals surface area contributed by atoms with Crippen LogP contribution in [-0.2, 0) is 12.8 Å². The number of rotatable bonds is 10. The predicted molar refractivity (Wildman–Crippen MR) is 178 cm³/mol. The summed E-state index contributed by atoms with van der Waals surface area (Å²) in [5, 5.41) is 0. The first-order valence-corrected chi connectivity index (χ1v) is 15.1. The van der Waals surface area contributed by atoms with E-state index in [2.05, 4.69) is 90.1 Å². The van der Waals surface area contributed by atoms with Crippen molar-refractivity contribution in [3.05, 3.63) is 69.8 Å². The molecule has 1 heterocycles. The van der Waals surface area contributed by atoms with Crippen molar-refractivity contribution in [3.8, 4) is 23.0 Å². The molecule has 2 aromatic carbocycles. The summed E-state index contributed by atoms with van der Waals surface area (Å²) in [6.07, 6.45) is 16.3. The third-order valence-corrected chi connectivity index (χ3v) is 9.15. The second-order valence-electron chi connectivity index (χ2n) is 13.0. The average Bonchev–Trinajstić information content (AvgIpc) is 2.93. The minimum Gasteiger partial charge on any atom is -0.496 e. The smallest absolute Gasteiger partial charge is 0.165 e. The molecule has 0 N–H and O–H groups in total. The summed E-state index contributed by atoms with van der Waals surface area (Å²) in [6.45, 7) is 13.6. The first kappa shape index (κ1) is 33.4. The Hall–Kier alpha value is -3.14. The molecule has 4 rings (SSSR count). The molecule has 2 aliphatic rings. The number of methoxy groups -OCH3 is 3.